The maximum atomic E-state index is 4.93. The van der Waals surface area contributed by atoms with Gasteiger partial charge in [0.1, 0.15) is 0 Å². The third kappa shape index (κ3) is 7.65. The molecule has 0 aliphatic carbocycles. The van der Waals surface area contributed by atoms with Gasteiger partial charge in [0.2, 0.25) is 0 Å². The van der Waals surface area contributed by atoms with E-state index in [-0.39, 0.29) is 0 Å². The Balaban J connectivity index is 1.40. The Bertz CT molecular complexity index is 2490. The molecule has 0 unspecified atom stereocenters. The minimum absolute atomic E-state index is 0.890. The molecule has 0 aliphatic rings. The van der Waals surface area contributed by atoms with Crippen LogP contribution in [0.5, 0.6) is 0 Å². The van der Waals surface area contributed by atoms with Crippen LogP contribution < -0.4 is 19.2 Å². The van der Waals surface area contributed by atoms with Crippen molar-refractivity contribution in [2.24, 2.45) is 0 Å². The van der Waals surface area contributed by atoms with Gasteiger partial charge in [-0.25, -0.2) is 0 Å². The number of benzene rings is 8. The van der Waals surface area contributed by atoms with E-state index in [4.69, 9.17) is 4.98 Å². The average molecular weight is 811 g/mol. The van der Waals surface area contributed by atoms with Crippen LogP contribution in [0, 0.1) is 0 Å². The van der Waals surface area contributed by atoms with Crippen molar-refractivity contribution in [1.82, 2.24) is 4.98 Å². The van der Waals surface area contributed by atoms with Crippen molar-refractivity contribution in [2.45, 2.75) is 0 Å². The SMILES string of the molecule is [Se]c1cccc(N(c2cc(N(c3ccccc3)c3ccccc3)cc(N(c3ccccc3)c3ccccc3)c2)c2c(-c3ccccc3)cccc2-c2ccccn2)c1. The van der Waals surface area contributed by atoms with Crippen molar-refractivity contribution in [3.05, 3.63) is 237 Å². The zero-order valence-corrected chi connectivity index (χ0v) is 33.4. The van der Waals surface area contributed by atoms with Gasteiger partial charge in [-0.2, -0.15) is 0 Å². The van der Waals surface area contributed by atoms with Gasteiger partial charge in [0.15, 0.2) is 0 Å². The number of hydrogen-bond acceptors (Lipinski definition) is 4. The Morgan fingerprint density at radius 2 is 0.724 bits per heavy atom. The molecule has 58 heavy (non-hydrogen) atoms. The minimum atomic E-state index is 0.890. The van der Waals surface area contributed by atoms with Gasteiger partial charge in [-0.1, -0.05) is 0 Å². The molecule has 0 fully saturated rings. The molecule has 0 atom stereocenters. The van der Waals surface area contributed by atoms with Crippen molar-refractivity contribution >= 4 is 71.7 Å². The summed E-state index contributed by atoms with van der Waals surface area (Å²) in [5.41, 5.74) is 13.3. The van der Waals surface area contributed by atoms with E-state index in [0.29, 0.717) is 0 Å². The molecule has 9 aromatic rings. The van der Waals surface area contributed by atoms with Crippen LogP contribution >= 0.6 is 0 Å². The van der Waals surface area contributed by atoms with E-state index in [2.05, 4.69) is 255 Å². The molecule has 1 heterocycles. The average Bonchev–Trinajstić information content (AvgIpc) is 3.29. The van der Waals surface area contributed by atoms with E-state index in [1.54, 1.807) is 0 Å². The van der Waals surface area contributed by atoms with Crippen molar-refractivity contribution in [1.29, 1.82) is 0 Å². The van der Waals surface area contributed by atoms with Crippen LogP contribution in [-0.4, -0.2) is 21.0 Å². The Hall–Kier alpha value is -7.17. The number of para-hydroxylation sites is 5. The Labute approximate surface area is 348 Å². The molecule has 277 valence electrons. The first-order valence-electron chi connectivity index (χ1n) is 19.3. The van der Waals surface area contributed by atoms with E-state index in [1.165, 1.54) is 0 Å². The predicted octanol–water partition coefficient (Wildman–Crippen LogP) is 13.6. The van der Waals surface area contributed by atoms with Crippen molar-refractivity contribution < 1.29 is 0 Å². The second kappa shape index (κ2) is 16.9. The quantitative estimate of drug-likeness (QED) is 0.121. The molecule has 4 nitrogen and oxygen atoms in total. The van der Waals surface area contributed by atoms with Crippen LogP contribution in [-0.2, 0) is 0 Å². The fourth-order valence-electron chi connectivity index (χ4n) is 7.56. The van der Waals surface area contributed by atoms with Gasteiger partial charge in [-0.3, -0.25) is 0 Å². The number of anilines is 9. The summed E-state index contributed by atoms with van der Waals surface area (Å²) in [7, 11) is 0. The van der Waals surface area contributed by atoms with Crippen LogP contribution in [0.2, 0.25) is 0 Å². The van der Waals surface area contributed by atoms with Gasteiger partial charge in [0, 0.05) is 0 Å². The summed E-state index contributed by atoms with van der Waals surface area (Å²) in [5.74, 6) is 0. The van der Waals surface area contributed by atoms with E-state index < -0.39 is 0 Å². The monoisotopic (exact) mass is 811 g/mol. The van der Waals surface area contributed by atoms with Crippen LogP contribution in [0.15, 0.2) is 237 Å². The third-order valence-corrected chi connectivity index (χ3v) is 10.6. The third-order valence-electron chi connectivity index (χ3n) is 10.1. The zero-order chi connectivity index (χ0) is 39.1. The molecule has 1 radical (unpaired) electrons. The molecule has 0 amide bonds. The summed E-state index contributed by atoms with van der Waals surface area (Å²) in [6.07, 6.45) is 1.87. The number of aromatic nitrogens is 1. The van der Waals surface area contributed by atoms with Gasteiger partial charge in [0.05, 0.1) is 0 Å². The molecule has 0 spiro atoms. The molecule has 8 aromatic carbocycles. The van der Waals surface area contributed by atoms with Gasteiger partial charge < -0.3 is 0 Å². The molecule has 9 rings (SSSR count). The van der Waals surface area contributed by atoms with E-state index in [9.17, 15) is 0 Å². The van der Waals surface area contributed by atoms with Crippen LogP contribution in [0.1, 0.15) is 0 Å². The Morgan fingerprint density at radius 3 is 1.19 bits per heavy atom. The predicted molar refractivity (Wildman–Crippen MR) is 245 cm³/mol. The molecule has 0 saturated heterocycles. The molecule has 0 bridgehead atoms. The fraction of sp³-hybridized carbons (Fsp3) is 0. The first-order chi connectivity index (χ1) is 28.7. The Morgan fingerprint density at radius 1 is 0.310 bits per heavy atom. The van der Waals surface area contributed by atoms with Crippen molar-refractivity contribution in [3.8, 4) is 22.4 Å². The summed E-state index contributed by atoms with van der Waals surface area (Å²) in [6.45, 7) is 0. The topological polar surface area (TPSA) is 22.6 Å². The second-order valence-electron chi connectivity index (χ2n) is 13.8. The van der Waals surface area contributed by atoms with E-state index >= 15 is 0 Å². The molecule has 1 aromatic heterocycles. The molecular weight excluding hydrogens is 772 g/mol. The van der Waals surface area contributed by atoms with Crippen molar-refractivity contribution in [2.75, 3.05) is 14.7 Å². The number of pyridine rings is 1. The normalized spacial score (nSPS) is 10.8. The van der Waals surface area contributed by atoms with Crippen LogP contribution in [0.3, 0.4) is 0 Å². The summed E-state index contributed by atoms with van der Waals surface area (Å²) in [5, 5.41) is 0. The molecule has 0 saturated carbocycles. The van der Waals surface area contributed by atoms with Crippen LogP contribution in [0.4, 0.5) is 51.2 Å². The molecule has 5 heteroatoms. The Kier molecular flexibility index (Phi) is 10.6. The standard InChI is InChI=1S/C53H39N4Se/c58-49-31-18-30-45(39-49)57(53-50(40-20-6-1-7-21-40)32-19-33-51(53)52-34-16-17-35-54-52)48-37-46(55(41-22-8-2-9-23-41)42-24-10-3-11-25-42)36-47(38-48)56(43-26-12-4-13-27-43)44-28-14-5-15-29-44/h1-39H. The number of nitrogens with zero attached hydrogens (tertiary/aromatic N) is 4. The summed E-state index contributed by atoms with van der Waals surface area (Å²) >= 11 is 3.28. The fourth-order valence-corrected chi connectivity index (χ4v) is 7.98. The van der Waals surface area contributed by atoms with Gasteiger partial charge in [0.25, 0.3) is 0 Å². The summed E-state index contributed by atoms with van der Waals surface area (Å²) in [6, 6.07) is 81.3. The molecule has 0 N–H and O–H groups in total. The number of hydrogen-bond donors (Lipinski definition) is 0. The number of rotatable bonds is 11. The second-order valence-corrected chi connectivity index (χ2v) is 14.8. The van der Waals surface area contributed by atoms with E-state index in [1.807, 2.05) is 12.3 Å². The molecule has 0 aliphatic heterocycles. The summed E-state index contributed by atoms with van der Waals surface area (Å²) in [4.78, 5) is 12.0. The van der Waals surface area contributed by atoms with Crippen LogP contribution in [0.25, 0.3) is 22.4 Å². The van der Waals surface area contributed by atoms with Gasteiger partial charge in [-0.05, 0) is 0 Å². The zero-order valence-electron chi connectivity index (χ0n) is 31.7. The first-order valence-corrected chi connectivity index (χ1v) is 20.2. The van der Waals surface area contributed by atoms with E-state index in [0.717, 1.165) is 78.0 Å². The summed E-state index contributed by atoms with van der Waals surface area (Å²) < 4.78 is 1.04. The van der Waals surface area contributed by atoms with Gasteiger partial charge >= 0.3 is 350 Å². The van der Waals surface area contributed by atoms with Crippen molar-refractivity contribution in [3.63, 3.8) is 0 Å². The first kappa shape index (κ1) is 36.5. The van der Waals surface area contributed by atoms with Gasteiger partial charge in [-0.15, -0.1) is 0 Å². The maximum absolute atomic E-state index is 4.93. The molecular formula is C53H39N4Se.